The molecule has 1 saturated heterocycles. The van der Waals surface area contributed by atoms with E-state index >= 15 is 0 Å². The highest BCUT2D eigenvalue weighted by Crippen LogP contribution is 2.31. The van der Waals surface area contributed by atoms with E-state index in [9.17, 15) is 4.79 Å². The van der Waals surface area contributed by atoms with Crippen molar-refractivity contribution in [2.75, 3.05) is 31.7 Å². The fourth-order valence-corrected chi connectivity index (χ4v) is 4.46. The van der Waals surface area contributed by atoms with Gasteiger partial charge in [-0.05, 0) is 43.5 Å². The van der Waals surface area contributed by atoms with Gasteiger partial charge in [0.2, 0.25) is 6.79 Å². The Kier molecular flexibility index (Phi) is 4.97. The lowest BCUT2D eigenvalue weighted by molar-refractivity contribution is 0.0729. The van der Waals surface area contributed by atoms with Crippen LogP contribution in [-0.4, -0.2) is 37.4 Å². The molecule has 2 aliphatic heterocycles. The molecule has 1 fully saturated rings. The predicted octanol–water partition coefficient (Wildman–Crippen LogP) is 4.26. The van der Waals surface area contributed by atoms with E-state index in [0.717, 1.165) is 67.9 Å². The van der Waals surface area contributed by atoms with Crippen LogP contribution in [0.2, 0.25) is 5.02 Å². The van der Waals surface area contributed by atoms with Gasteiger partial charge in [0, 0.05) is 48.6 Å². The minimum absolute atomic E-state index is 0.316. The van der Waals surface area contributed by atoms with Gasteiger partial charge in [-0.1, -0.05) is 17.2 Å². The second-order valence-electron chi connectivity index (χ2n) is 7.81. The van der Waals surface area contributed by atoms with Gasteiger partial charge in [-0.25, -0.2) is 4.79 Å². The molecule has 0 spiro atoms. The molecule has 0 bridgehead atoms. The standard InChI is InChI=1S/C22H23ClN2O4/c23-15-2-4-19-17(10-15)18(11-22(26)29-19)24-16-5-7-25(8-6-16)12-14-1-3-20-21(9-14)28-13-27-20/h2,4,9-11,16,24H,1,3,5-8,12-13H2. The average molecular weight is 415 g/mol. The molecule has 0 amide bonds. The Morgan fingerprint density at radius 2 is 2.00 bits per heavy atom. The van der Waals surface area contributed by atoms with Gasteiger partial charge in [0.15, 0.2) is 5.76 Å². The monoisotopic (exact) mass is 414 g/mol. The molecule has 0 saturated carbocycles. The van der Waals surface area contributed by atoms with E-state index in [1.807, 2.05) is 6.07 Å². The van der Waals surface area contributed by atoms with Crippen molar-refractivity contribution in [3.63, 3.8) is 0 Å². The molecule has 1 aromatic heterocycles. The van der Waals surface area contributed by atoms with E-state index in [0.29, 0.717) is 23.4 Å². The minimum Gasteiger partial charge on any atom is -0.458 e. The molecular formula is C22H23ClN2O4. The fraction of sp³-hybridized carbons (Fsp3) is 0.409. The van der Waals surface area contributed by atoms with Gasteiger partial charge < -0.3 is 19.2 Å². The second kappa shape index (κ2) is 7.76. The Bertz CT molecular complexity index is 1050. The molecular weight excluding hydrogens is 392 g/mol. The number of rotatable bonds is 4. The van der Waals surface area contributed by atoms with Crippen molar-refractivity contribution in [2.45, 2.75) is 31.7 Å². The van der Waals surface area contributed by atoms with Crippen molar-refractivity contribution in [2.24, 2.45) is 0 Å². The molecule has 6 nitrogen and oxygen atoms in total. The molecule has 2 aromatic rings. The van der Waals surface area contributed by atoms with Crippen LogP contribution in [-0.2, 0) is 9.47 Å². The number of nitrogens with zero attached hydrogens (tertiary/aromatic N) is 1. The quantitative estimate of drug-likeness (QED) is 0.754. The van der Waals surface area contributed by atoms with Crippen LogP contribution in [0, 0.1) is 0 Å². The Balaban J connectivity index is 1.22. The Morgan fingerprint density at radius 1 is 1.14 bits per heavy atom. The van der Waals surface area contributed by atoms with Crippen molar-refractivity contribution in [3.8, 4) is 0 Å². The molecule has 0 radical (unpaired) electrons. The van der Waals surface area contributed by atoms with Crippen molar-refractivity contribution < 1.29 is 13.9 Å². The molecule has 1 N–H and O–H groups in total. The highest BCUT2D eigenvalue weighted by atomic mass is 35.5. The first-order chi connectivity index (χ1) is 14.1. The summed E-state index contributed by atoms with van der Waals surface area (Å²) in [5.74, 6) is 1.91. The van der Waals surface area contributed by atoms with Crippen molar-refractivity contribution in [1.82, 2.24) is 4.90 Å². The number of piperidine rings is 1. The zero-order valence-corrected chi connectivity index (χ0v) is 16.8. The van der Waals surface area contributed by atoms with Crippen LogP contribution < -0.4 is 10.9 Å². The van der Waals surface area contributed by atoms with E-state index in [2.05, 4.69) is 16.3 Å². The topological polar surface area (TPSA) is 63.9 Å². The Labute approximate surface area is 173 Å². The number of hydrogen-bond donors (Lipinski definition) is 1. The van der Waals surface area contributed by atoms with Crippen LogP contribution in [0.3, 0.4) is 0 Å². The van der Waals surface area contributed by atoms with Crippen molar-refractivity contribution in [1.29, 1.82) is 0 Å². The first kappa shape index (κ1) is 18.6. The smallest absolute Gasteiger partial charge is 0.338 e. The Hall–Kier alpha value is -2.44. The molecule has 7 heteroatoms. The molecule has 5 rings (SSSR count). The summed E-state index contributed by atoms with van der Waals surface area (Å²) >= 11 is 6.14. The van der Waals surface area contributed by atoms with Crippen LogP contribution in [0.4, 0.5) is 5.69 Å². The molecule has 1 aromatic carbocycles. The maximum atomic E-state index is 11.9. The molecule has 152 valence electrons. The van der Waals surface area contributed by atoms with Gasteiger partial charge in [0.05, 0.1) is 5.69 Å². The van der Waals surface area contributed by atoms with Gasteiger partial charge in [0.1, 0.15) is 11.3 Å². The van der Waals surface area contributed by atoms with Crippen molar-refractivity contribution >= 4 is 28.3 Å². The zero-order valence-electron chi connectivity index (χ0n) is 16.1. The first-order valence-corrected chi connectivity index (χ1v) is 10.4. The van der Waals surface area contributed by atoms with Gasteiger partial charge in [-0.15, -0.1) is 0 Å². The number of nitrogens with one attached hydrogen (secondary N) is 1. The summed E-state index contributed by atoms with van der Waals surface area (Å²) in [4.78, 5) is 14.4. The highest BCUT2D eigenvalue weighted by molar-refractivity contribution is 6.31. The minimum atomic E-state index is -0.351. The van der Waals surface area contributed by atoms with Crippen LogP contribution in [0.5, 0.6) is 0 Å². The summed E-state index contributed by atoms with van der Waals surface area (Å²) in [6.07, 6.45) is 6.15. The van der Waals surface area contributed by atoms with E-state index in [1.54, 1.807) is 12.1 Å². The number of benzene rings is 1. The number of allylic oxidation sites excluding steroid dienone is 2. The Morgan fingerprint density at radius 3 is 2.86 bits per heavy atom. The van der Waals surface area contributed by atoms with Gasteiger partial charge in [-0.2, -0.15) is 0 Å². The third-order valence-electron chi connectivity index (χ3n) is 5.81. The summed E-state index contributed by atoms with van der Waals surface area (Å²) < 4.78 is 16.3. The third-order valence-corrected chi connectivity index (χ3v) is 6.04. The van der Waals surface area contributed by atoms with Gasteiger partial charge in [-0.3, -0.25) is 4.90 Å². The molecule has 3 heterocycles. The normalized spacial score (nSPS) is 20.2. The molecule has 0 atom stereocenters. The SMILES string of the molecule is O=c1cc(NC2CCN(CC3=CC4=C(CC3)OCO4)CC2)c2cc(Cl)ccc2o1. The zero-order chi connectivity index (χ0) is 19.8. The van der Waals surface area contributed by atoms with E-state index in [-0.39, 0.29) is 5.63 Å². The average Bonchev–Trinajstić information content (AvgIpc) is 3.18. The lowest BCUT2D eigenvalue weighted by Gasteiger charge is -2.33. The summed E-state index contributed by atoms with van der Waals surface area (Å²) in [5.41, 5.74) is 2.40. The van der Waals surface area contributed by atoms with E-state index < -0.39 is 0 Å². The highest BCUT2D eigenvalue weighted by Gasteiger charge is 2.24. The fourth-order valence-electron chi connectivity index (χ4n) is 4.29. The largest absolute Gasteiger partial charge is 0.458 e. The lowest BCUT2D eigenvalue weighted by atomic mass is 9.99. The van der Waals surface area contributed by atoms with Crippen LogP contribution in [0.15, 0.2) is 56.6 Å². The molecule has 3 aliphatic rings. The van der Waals surface area contributed by atoms with Crippen LogP contribution in [0.1, 0.15) is 25.7 Å². The number of hydrogen-bond acceptors (Lipinski definition) is 6. The molecule has 1 aliphatic carbocycles. The number of halogens is 1. The number of anilines is 1. The summed E-state index contributed by atoms with van der Waals surface area (Å²) in [6, 6.07) is 7.15. The second-order valence-corrected chi connectivity index (χ2v) is 8.25. The number of ether oxygens (including phenoxy) is 2. The maximum Gasteiger partial charge on any atom is 0.338 e. The van der Waals surface area contributed by atoms with Gasteiger partial charge >= 0.3 is 5.63 Å². The maximum absolute atomic E-state index is 11.9. The third kappa shape index (κ3) is 4.00. The first-order valence-electron chi connectivity index (χ1n) is 10.0. The van der Waals surface area contributed by atoms with E-state index in [1.165, 1.54) is 11.6 Å². The molecule has 0 unspecified atom stereocenters. The summed E-state index contributed by atoms with van der Waals surface area (Å²) in [6.45, 7) is 3.35. The number of likely N-dealkylation sites (tertiary alicyclic amines) is 1. The van der Waals surface area contributed by atoms with Crippen LogP contribution >= 0.6 is 11.6 Å². The summed E-state index contributed by atoms with van der Waals surface area (Å²) in [5, 5.41) is 5.01. The van der Waals surface area contributed by atoms with Gasteiger partial charge in [0.25, 0.3) is 0 Å². The summed E-state index contributed by atoms with van der Waals surface area (Å²) in [7, 11) is 0. The van der Waals surface area contributed by atoms with Crippen LogP contribution in [0.25, 0.3) is 11.0 Å². The predicted molar refractivity (Wildman–Crippen MR) is 112 cm³/mol. The number of fused-ring (bicyclic) bond motifs is 1. The van der Waals surface area contributed by atoms with E-state index in [4.69, 9.17) is 25.5 Å². The van der Waals surface area contributed by atoms with Crippen molar-refractivity contribution in [3.05, 3.63) is 62.9 Å². The molecule has 29 heavy (non-hydrogen) atoms. The lowest BCUT2D eigenvalue weighted by Crippen LogP contribution is -2.40.